The van der Waals surface area contributed by atoms with E-state index in [2.05, 4.69) is 16.7 Å². The van der Waals surface area contributed by atoms with Gasteiger partial charge in [0.25, 0.3) is 0 Å². The Morgan fingerprint density at radius 3 is 2.38 bits per heavy atom. The SMILES string of the molecule is O=C(O)CN1CCN(C2CCSCC2)CC1. The summed E-state index contributed by atoms with van der Waals surface area (Å²) < 4.78 is 0. The number of carbonyl (C=O) groups is 1. The number of rotatable bonds is 3. The van der Waals surface area contributed by atoms with Gasteiger partial charge in [0.1, 0.15) is 0 Å². The van der Waals surface area contributed by atoms with Gasteiger partial charge in [0.05, 0.1) is 6.54 Å². The summed E-state index contributed by atoms with van der Waals surface area (Å²) in [6, 6.07) is 0.758. The van der Waals surface area contributed by atoms with Crippen LogP contribution in [0.25, 0.3) is 0 Å². The Labute approximate surface area is 101 Å². The molecule has 0 radical (unpaired) electrons. The Balaban J connectivity index is 1.73. The molecule has 0 amide bonds. The highest BCUT2D eigenvalue weighted by Crippen LogP contribution is 2.22. The first kappa shape index (κ1) is 12.2. The zero-order chi connectivity index (χ0) is 11.4. The van der Waals surface area contributed by atoms with Crippen molar-refractivity contribution in [2.75, 3.05) is 44.2 Å². The van der Waals surface area contributed by atoms with E-state index >= 15 is 0 Å². The monoisotopic (exact) mass is 244 g/mol. The normalized spacial score (nSPS) is 25.8. The zero-order valence-electron chi connectivity index (χ0n) is 9.60. The number of nitrogens with zero attached hydrogens (tertiary/aromatic N) is 2. The average Bonchev–Trinajstić information content (AvgIpc) is 2.30. The van der Waals surface area contributed by atoms with Gasteiger partial charge in [-0.3, -0.25) is 14.6 Å². The van der Waals surface area contributed by atoms with Crippen LogP contribution in [0.2, 0.25) is 0 Å². The summed E-state index contributed by atoms with van der Waals surface area (Å²) in [5, 5.41) is 8.72. The third-order valence-electron chi connectivity index (χ3n) is 3.47. The topological polar surface area (TPSA) is 43.8 Å². The van der Waals surface area contributed by atoms with Crippen LogP contribution in [-0.4, -0.2) is 71.1 Å². The molecule has 2 rings (SSSR count). The number of piperazine rings is 1. The lowest BCUT2D eigenvalue weighted by molar-refractivity contribution is -0.138. The summed E-state index contributed by atoms with van der Waals surface area (Å²) in [4.78, 5) is 15.2. The van der Waals surface area contributed by atoms with Crippen molar-refractivity contribution in [3.05, 3.63) is 0 Å². The molecular weight excluding hydrogens is 224 g/mol. The summed E-state index contributed by atoms with van der Waals surface area (Å²) in [7, 11) is 0. The standard InChI is InChI=1S/C11H20N2O2S/c14-11(15)9-12-3-5-13(6-4-12)10-1-7-16-8-2-10/h10H,1-9H2,(H,14,15). The fraction of sp³-hybridized carbons (Fsp3) is 0.909. The molecule has 2 fully saturated rings. The van der Waals surface area contributed by atoms with Crippen LogP contribution >= 0.6 is 11.8 Å². The Bertz CT molecular complexity index is 236. The van der Waals surface area contributed by atoms with Gasteiger partial charge in [0.15, 0.2) is 0 Å². The van der Waals surface area contributed by atoms with E-state index in [4.69, 9.17) is 5.11 Å². The smallest absolute Gasteiger partial charge is 0.317 e. The van der Waals surface area contributed by atoms with Crippen molar-refractivity contribution in [2.24, 2.45) is 0 Å². The molecule has 0 atom stereocenters. The van der Waals surface area contributed by atoms with Crippen molar-refractivity contribution in [3.8, 4) is 0 Å². The fourth-order valence-corrected chi connectivity index (χ4v) is 3.61. The molecule has 1 N–H and O–H groups in total. The molecule has 2 saturated heterocycles. The maximum absolute atomic E-state index is 10.6. The first-order valence-corrected chi connectivity index (χ1v) is 7.17. The van der Waals surface area contributed by atoms with Crippen molar-refractivity contribution in [3.63, 3.8) is 0 Å². The quantitative estimate of drug-likeness (QED) is 0.787. The van der Waals surface area contributed by atoms with Crippen molar-refractivity contribution in [1.82, 2.24) is 9.80 Å². The number of carboxylic acid groups (broad SMARTS) is 1. The van der Waals surface area contributed by atoms with Crippen molar-refractivity contribution < 1.29 is 9.90 Å². The Kier molecular flexibility index (Phi) is 4.49. The summed E-state index contributed by atoms with van der Waals surface area (Å²) in [5.74, 6) is 1.88. The van der Waals surface area contributed by atoms with Crippen LogP contribution in [-0.2, 0) is 4.79 Å². The van der Waals surface area contributed by atoms with Gasteiger partial charge in [0, 0.05) is 32.2 Å². The van der Waals surface area contributed by atoms with E-state index in [1.165, 1.54) is 24.3 Å². The number of thioether (sulfide) groups is 1. The number of aliphatic carboxylic acids is 1. The highest BCUT2D eigenvalue weighted by Gasteiger charge is 2.25. The van der Waals surface area contributed by atoms with Crippen LogP contribution in [0.3, 0.4) is 0 Å². The highest BCUT2D eigenvalue weighted by molar-refractivity contribution is 7.99. The van der Waals surface area contributed by atoms with Gasteiger partial charge in [-0.05, 0) is 24.3 Å². The van der Waals surface area contributed by atoms with Crippen LogP contribution in [0.15, 0.2) is 0 Å². The largest absolute Gasteiger partial charge is 0.480 e. The molecule has 0 aliphatic carbocycles. The lowest BCUT2D eigenvalue weighted by Gasteiger charge is -2.40. The molecule has 16 heavy (non-hydrogen) atoms. The van der Waals surface area contributed by atoms with E-state index in [9.17, 15) is 4.79 Å². The van der Waals surface area contributed by atoms with Crippen LogP contribution in [0, 0.1) is 0 Å². The summed E-state index contributed by atoms with van der Waals surface area (Å²) >= 11 is 2.06. The van der Waals surface area contributed by atoms with Gasteiger partial charge in [-0.2, -0.15) is 11.8 Å². The zero-order valence-corrected chi connectivity index (χ0v) is 10.4. The maximum Gasteiger partial charge on any atom is 0.317 e. The Morgan fingerprint density at radius 1 is 1.19 bits per heavy atom. The summed E-state index contributed by atoms with van der Waals surface area (Å²) in [6.45, 7) is 4.12. The van der Waals surface area contributed by atoms with Crippen LogP contribution in [0.1, 0.15) is 12.8 Å². The van der Waals surface area contributed by atoms with E-state index in [0.717, 1.165) is 32.2 Å². The molecule has 0 aromatic heterocycles. The second-order valence-electron chi connectivity index (χ2n) is 4.55. The molecule has 0 spiro atoms. The molecule has 2 aliphatic heterocycles. The first-order valence-electron chi connectivity index (χ1n) is 6.01. The van der Waals surface area contributed by atoms with Gasteiger partial charge >= 0.3 is 5.97 Å². The second-order valence-corrected chi connectivity index (χ2v) is 5.77. The van der Waals surface area contributed by atoms with Crippen LogP contribution < -0.4 is 0 Å². The molecule has 0 unspecified atom stereocenters. The molecule has 0 aromatic carbocycles. The van der Waals surface area contributed by atoms with Crippen LogP contribution in [0.5, 0.6) is 0 Å². The minimum absolute atomic E-state index is 0.203. The third-order valence-corrected chi connectivity index (χ3v) is 4.52. The van der Waals surface area contributed by atoms with E-state index in [0.29, 0.717) is 0 Å². The van der Waals surface area contributed by atoms with Crippen LogP contribution in [0.4, 0.5) is 0 Å². The number of hydrogen-bond donors (Lipinski definition) is 1. The molecule has 2 heterocycles. The Morgan fingerprint density at radius 2 is 1.81 bits per heavy atom. The van der Waals surface area contributed by atoms with Gasteiger partial charge in [-0.15, -0.1) is 0 Å². The van der Waals surface area contributed by atoms with Gasteiger partial charge in [0.2, 0.25) is 0 Å². The van der Waals surface area contributed by atoms with E-state index in [-0.39, 0.29) is 6.54 Å². The van der Waals surface area contributed by atoms with Crippen molar-refractivity contribution in [1.29, 1.82) is 0 Å². The summed E-state index contributed by atoms with van der Waals surface area (Å²) in [5.41, 5.74) is 0. The van der Waals surface area contributed by atoms with Crippen molar-refractivity contribution in [2.45, 2.75) is 18.9 Å². The highest BCUT2D eigenvalue weighted by atomic mass is 32.2. The third kappa shape index (κ3) is 3.37. The van der Waals surface area contributed by atoms with E-state index in [1.54, 1.807) is 0 Å². The molecule has 4 nitrogen and oxygen atoms in total. The number of hydrogen-bond acceptors (Lipinski definition) is 4. The van der Waals surface area contributed by atoms with Gasteiger partial charge < -0.3 is 5.11 Å². The van der Waals surface area contributed by atoms with Crippen molar-refractivity contribution >= 4 is 17.7 Å². The lowest BCUT2D eigenvalue weighted by atomic mass is 10.1. The van der Waals surface area contributed by atoms with Gasteiger partial charge in [-0.25, -0.2) is 0 Å². The van der Waals surface area contributed by atoms with E-state index < -0.39 is 5.97 Å². The minimum atomic E-state index is -0.706. The predicted octanol–water partition coefficient (Wildman–Crippen LogP) is 0.584. The molecule has 5 heteroatoms. The molecule has 0 bridgehead atoms. The molecule has 2 aliphatic rings. The Hall–Kier alpha value is -0.260. The summed E-state index contributed by atoms with van der Waals surface area (Å²) in [6.07, 6.45) is 2.62. The lowest BCUT2D eigenvalue weighted by Crippen LogP contribution is -2.52. The minimum Gasteiger partial charge on any atom is -0.480 e. The molecule has 92 valence electrons. The average molecular weight is 244 g/mol. The molecule has 0 saturated carbocycles. The van der Waals surface area contributed by atoms with E-state index in [1.807, 2.05) is 4.90 Å². The fourth-order valence-electron chi connectivity index (χ4n) is 2.53. The maximum atomic E-state index is 10.6. The number of carboxylic acids is 1. The van der Waals surface area contributed by atoms with Gasteiger partial charge in [-0.1, -0.05) is 0 Å². The molecular formula is C11H20N2O2S. The first-order chi connectivity index (χ1) is 7.75. The second kappa shape index (κ2) is 5.89. The predicted molar refractivity (Wildman–Crippen MR) is 66.0 cm³/mol. The molecule has 0 aromatic rings.